The van der Waals surface area contributed by atoms with Gasteiger partial charge in [0.15, 0.2) is 0 Å². The quantitative estimate of drug-likeness (QED) is 0.417. The molecule has 0 aromatic heterocycles. The first-order valence-corrected chi connectivity index (χ1v) is 4.02. The second-order valence-electron chi connectivity index (χ2n) is 2.60. The smallest absolute Gasteiger partial charge is 0.292 e. The maximum Gasteiger partial charge on any atom is 0.292 e. The standard InChI is InChI=1S/C9H8N2O3/c1-2-7-5-8(11(12)13)3-4-9(7)14-6-10/h3-5H,2H2,1H3. The lowest BCUT2D eigenvalue weighted by atomic mass is 10.1. The predicted octanol–water partition coefficient (Wildman–Crippen LogP) is 2.02. The number of hydrogen-bond acceptors (Lipinski definition) is 4. The SMILES string of the molecule is CCc1cc([N+](=O)[O-])ccc1OC#N. The Morgan fingerprint density at radius 3 is 2.86 bits per heavy atom. The van der Waals surface area contributed by atoms with Gasteiger partial charge >= 0.3 is 0 Å². The van der Waals surface area contributed by atoms with Gasteiger partial charge in [0.2, 0.25) is 0 Å². The van der Waals surface area contributed by atoms with Gasteiger partial charge in [-0.3, -0.25) is 10.1 Å². The molecule has 0 saturated carbocycles. The normalized spacial score (nSPS) is 9.14. The largest absolute Gasteiger partial charge is 0.388 e. The van der Waals surface area contributed by atoms with Crippen LogP contribution in [0.1, 0.15) is 12.5 Å². The van der Waals surface area contributed by atoms with Gasteiger partial charge in [0, 0.05) is 17.7 Å². The number of hydrogen-bond donors (Lipinski definition) is 0. The first-order valence-electron chi connectivity index (χ1n) is 4.02. The first kappa shape index (κ1) is 9.99. The van der Waals surface area contributed by atoms with E-state index in [1.807, 2.05) is 6.92 Å². The van der Waals surface area contributed by atoms with E-state index >= 15 is 0 Å². The van der Waals surface area contributed by atoms with Crippen LogP contribution >= 0.6 is 0 Å². The van der Waals surface area contributed by atoms with E-state index in [0.717, 1.165) is 0 Å². The molecular weight excluding hydrogens is 184 g/mol. The summed E-state index contributed by atoms with van der Waals surface area (Å²) in [6.07, 6.45) is 2.12. The predicted molar refractivity (Wildman–Crippen MR) is 48.7 cm³/mol. The van der Waals surface area contributed by atoms with Crippen LogP contribution in [0.25, 0.3) is 0 Å². The molecule has 0 spiro atoms. The number of nitrogens with zero attached hydrogens (tertiary/aromatic N) is 2. The molecular formula is C9H8N2O3. The van der Waals surface area contributed by atoms with E-state index < -0.39 is 4.92 Å². The highest BCUT2D eigenvalue weighted by Gasteiger charge is 2.10. The molecule has 0 atom stereocenters. The average molecular weight is 192 g/mol. The molecule has 0 heterocycles. The Hall–Kier alpha value is -2.09. The number of nitro groups is 1. The van der Waals surface area contributed by atoms with E-state index in [1.54, 1.807) is 0 Å². The van der Waals surface area contributed by atoms with Crippen molar-refractivity contribution in [2.24, 2.45) is 0 Å². The molecule has 0 amide bonds. The van der Waals surface area contributed by atoms with Crippen molar-refractivity contribution in [2.45, 2.75) is 13.3 Å². The maximum absolute atomic E-state index is 10.4. The van der Waals surface area contributed by atoms with Gasteiger partial charge < -0.3 is 4.74 Å². The third-order valence-electron chi connectivity index (χ3n) is 1.79. The number of non-ortho nitro benzene ring substituents is 1. The van der Waals surface area contributed by atoms with Crippen LogP contribution in [-0.4, -0.2) is 4.92 Å². The highest BCUT2D eigenvalue weighted by molar-refractivity contribution is 5.44. The lowest BCUT2D eigenvalue weighted by Gasteiger charge is -2.02. The summed E-state index contributed by atoms with van der Waals surface area (Å²) in [5.41, 5.74) is 0.660. The van der Waals surface area contributed by atoms with E-state index in [1.165, 1.54) is 24.5 Å². The molecule has 0 radical (unpaired) electrons. The highest BCUT2D eigenvalue weighted by atomic mass is 16.6. The maximum atomic E-state index is 10.4. The van der Waals surface area contributed by atoms with Crippen molar-refractivity contribution in [1.29, 1.82) is 5.26 Å². The Bertz CT molecular complexity index is 396. The fourth-order valence-corrected chi connectivity index (χ4v) is 1.10. The van der Waals surface area contributed by atoms with Crippen LogP contribution in [0.15, 0.2) is 18.2 Å². The van der Waals surface area contributed by atoms with Crippen LogP contribution in [-0.2, 0) is 6.42 Å². The minimum atomic E-state index is -0.477. The fraction of sp³-hybridized carbons (Fsp3) is 0.222. The zero-order chi connectivity index (χ0) is 10.6. The summed E-state index contributed by atoms with van der Waals surface area (Å²) in [5, 5.41) is 18.8. The lowest BCUT2D eigenvalue weighted by Crippen LogP contribution is -1.93. The van der Waals surface area contributed by atoms with Gasteiger partial charge in [-0.15, -0.1) is 5.26 Å². The molecule has 0 aliphatic rings. The monoisotopic (exact) mass is 192 g/mol. The van der Waals surface area contributed by atoms with Crippen molar-refractivity contribution in [3.05, 3.63) is 33.9 Å². The van der Waals surface area contributed by atoms with Gasteiger partial charge in [0.25, 0.3) is 11.9 Å². The summed E-state index contributed by atoms with van der Waals surface area (Å²) in [4.78, 5) is 9.96. The van der Waals surface area contributed by atoms with Crippen molar-refractivity contribution in [2.75, 3.05) is 0 Å². The number of rotatable bonds is 3. The molecule has 5 nitrogen and oxygen atoms in total. The zero-order valence-corrected chi connectivity index (χ0v) is 7.56. The van der Waals surface area contributed by atoms with Crippen molar-refractivity contribution in [1.82, 2.24) is 0 Å². The van der Waals surface area contributed by atoms with E-state index in [2.05, 4.69) is 4.74 Å². The highest BCUT2D eigenvalue weighted by Crippen LogP contribution is 2.24. The summed E-state index contributed by atoms with van der Waals surface area (Å²) in [6, 6.07) is 4.15. The van der Waals surface area contributed by atoms with Gasteiger partial charge in [-0.1, -0.05) is 6.92 Å². The molecule has 1 rings (SSSR count). The van der Waals surface area contributed by atoms with Crippen LogP contribution < -0.4 is 4.74 Å². The molecule has 0 unspecified atom stereocenters. The van der Waals surface area contributed by atoms with Gasteiger partial charge in [0.1, 0.15) is 5.75 Å². The molecule has 14 heavy (non-hydrogen) atoms. The summed E-state index contributed by atoms with van der Waals surface area (Å²) in [6.45, 7) is 1.84. The van der Waals surface area contributed by atoms with E-state index in [9.17, 15) is 10.1 Å². The molecule has 0 fully saturated rings. The molecule has 1 aromatic rings. The minimum Gasteiger partial charge on any atom is -0.388 e. The number of nitriles is 1. The second kappa shape index (κ2) is 4.23. The fourth-order valence-electron chi connectivity index (χ4n) is 1.10. The zero-order valence-electron chi connectivity index (χ0n) is 7.56. The van der Waals surface area contributed by atoms with Crippen LogP contribution in [0.5, 0.6) is 5.75 Å². The Kier molecular flexibility index (Phi) is 3.02. The van der Waals surface area contributed by atoms with Gasteiger partial charge in [0.05, 0.1) is 4.92 Å². The molecule has 0 aliphatic heterocycles. The van der Waals surface area contributed by atoms with Crippen molar-refractivity contribution in [3.63, 3.8) is 0 Å². The minimum absolute atomic E-state index is 0.00661. The molecule has 1 aromatic carbocycles. The third-order valence-corrected chi connectivity index (χ3v) is 1.79. The molecule has 0 N–H and O–H groups in total. The molecule has 0 saturated heterocycles. The summed E-state index contributed by atoms with van der Waals surface area (Å²) < 4.78 is 4.65. The second-order valence-corrected chi connectivity index (χ2v) is 2.60. The summed E-state index contributed by atoms with van der Waals surface area (Å²) in [5.74, 6) is 0.376. The summed E-state index contributed by atoms with van der Waals surface area (Å²) in [7, 11) is 0. The Balaban J connectivity index is 3.12. The Morgan fingerprint density at radius 1 is 1.64 bits per heavy atom. The van der Waals surface area contributed by atoms with E-state index in [4.69, 9.17) is 5.26 Å². The van der Waals surface area contributed by atoms with Crippen LogP contribution in [0.3, 0.4) is 0 Å². The lowest BCUT2D eigenvalue weighted by molar-refractivity contribution is -0.384. The number of benzene rings is 1. The van der Waals surface area contributed by atoms with E-state index in [0.29, 0.717) is 17.7 Å². The molecule has 5 heteroatoms. The average Bonchev–Trinajstić information content (AvgIpc) is 2.18. The van der Waals surface area contributed by atoms with Crippen molar-refractivity contribution < 1.29 is 9.66 Å². The molecule has 0 bridgehead atoms. The number of nitro benzene ring substituents is 1. The Labute approximate surface area is 80.7 Å². The molecule has 72 valence electrons. The molecule has 0 aliphatic carbocycles. The van der Waals surface area contributed by atoms with Crippen LogP contribution in [0, 0.1) is 21.6 Å². The number of aryl methyl sites for hydroxylation is 1. The Morgan fingerprint density at radius 2 is 2.36 bits per heavy atom. The van der Waals surface area contributed by atoms with Gasteiger partial charge in [-0.2, -0.15) is 0 Å². The topological polar surface area (TPSA) is 76.2 Å². The van der Waals surface area contributed by atoms with Crippen molar-refractivity contribution >= 4 is 5.69 Å². The third kappa shape index (κ3) is 1.98. The van der Waals surface area contributed by atoms with Crippen molar-refractivity contribution in [3.8, 4) is 12.0 Å². The van der Waals surface area contributed by atoms with Gasteiger partial charge in [-0.25, -0.2) is 0 Å². The van der Waals surface area contributed by atoms with E-state index in [-0.39, 0.29) is 5.69 Å². The summed E-state index contributed by atoms with van der Waals surface area (Å²) >= 11 is 0. The van der Waals surface area contributed by atoms with Gasteiger partial charge in [-0.05, 0) is 12.5 Å². The number of ether oxygens (including phenoxy) is 1. The van der Waals surface area contributed by atoms with Crippen LogP contribution in [0.2, 0.25) is 0 Å². The first-order chi connectivity index (χ1) is 6.69. The van der Waals surface area contributed by atoms with Crippen LogP contribution in [0.4, 0.5) is 5.69 Å².